The van der Waals surface area contributed by atoms with Gasteiger partial charge in [-0.15, -0.1) is 0 Å². The van der Waals surface area contributed by atoms with Gasteiger partial charge in [0, 0.05) is 29.7 Å². The highest BCUT2D eigenvalue weighted by molar-refractivity contribution is 9.09. The first kappa shape index (κ1) is 18.7. The highest BCUT2D eigenvalue weighted by Gasteiger charge is 2.21. The number of aliphatic hydroxyl groups is 1. The lowest BCUT2D eigenvalue weighted by molar-refractivity contribution is 0.0746. The van der Waals surface area contributed by atoms with Gasteiger partial charge < -0.3 is 10.0 Å². The standard InChI is InChI=1S/C20H24BrNO2/c1-4-22(12-11-21)17-9-7-16(8-10-17)19(23)20(24)18-13-14(2)5-6-15(18)3/h5-10,13,19,23H,4,11-12H2,1-3H3. The van der Waals surface area contributed by atoms with Crippen LogP contribution in [-0.2, 0) is 0 Å². The molecule has 0 aromatic heterocycles. The number of aliphatic hydroxyl groups excluding tert-OH is 1. The first-order chi connectivity index (χ1) is 11.5. The van der Waals surface area contributed by atoms with Crippen molar-refractivity contribution in [1.29, 1.82) is 0 Å². The van der Waals surface area contributed by atoms with Crippen molar-refractivity contribution in [1.82, 2.24) is 0 Å². The summed E-state index contributed by atoms with van der Waals surface area (Å²) in [7, 11) is 0. The second-order valence-corrected chi connectivity index (χ2v) is 6.74. The van der Waals surface area contributed by atoms with Crippen LogP contribution in [0.25, 0.3) is 0 Å². The van der Waals surface area contributed by atoms with E-state index in [4.69, 9.17) is 0 Å². The van der Waals surface area contributed by atoms with Crippen molar-refractivity contribution in [3.8, 4) is 0 Å². The molecule has 24 heavy (non-hydrogen) atoms. The summed E-state index contributed by atoms with van der Waals surface area (Å²) in [5.41, 5.74) is 4.20. The number of alkyl halides is 1. The lowest BCUT2D eigenvalue weighted by Crippen LogP contribution is -2.24. The lowest BCUT2D eigenvalue weighted by Gasteiger charge is -2.22. The topological polar surface area (TPSA) is 40.5 Å². The zero-order chi connectivity index (χ0) is 17.7. The summed E-state index contributed by atoms with van der Waals surface area (Å²) in [6.45, 7) is 7.77. The molecule has 0 heterocycles. The van der Waals surface area contributed by atoms with Crippen LogP contribution in [0.3, 0.4) is 0 Å². The Balaban J connectivity index is 2.21. The quantitative estimate of drug-likeness (QED) is 0.561. The maximum Gasteiger partial charge on any atom is 0.196 e. The van der Waals surface area contributed by atoms with E-state index in [1.807, 2.05) is 56.3 Å². The molecule has 0 spiro atoms. The minimum Gasteiger partial charge on any atom is -0.380 e. The van der Waals surface area contributed by atoms with Gasteiger partial charge in [0.15, 0.2) is 5.78 Å². The molecule has 0 bridgehead atoms. The summed E-state index contributed by atoms with van der Waals surface area (Å²) in [5, 5.41) is 11.4. The number of benzene rings is 2. The highest BCUT2D eigenvalue weighted by Crippen LogP contribution is 2.24. The Morgan fingerprint density at radius 1 is 1.17 bits per heavy atom. The van der Waals surface area contributed by atoms with Gasteiger partial charge in [-0.2, -0.15) is 0 Å². The minimum atomic E-state index is -1.13. The van der Waals surface area contributed by atoms with E-state index in [0.717, 1.165) is 35.2 Å². The van der Waals surface area contributed by atoms with Crippen LogP contribution >= 0.6 is 15.9 Å². The predicted molar refractivity (Wildman–Crippen MR) is 103 cm³/mol. The van der Waals surface area contributed by atoms with E-state index in [9.17, 15) is 9.90 Å². The summed E-state index contributed by atoms with van der Waals surface area (Å²) < 4.78 is 0. The molecule has 1 unspecified atom stereocenters. The average Bonchev–Trinajstić information content (AvgIpc) is 2.60. The molecule has 2 rings (SSSR count). The summed E-state index contributed by atoms with van der Waals surface area (Å²) in [6, 6.07) is 13.3. The number of hydrogen-bond acceptors (Lipinski definition) is 3. The van der Waals surface area contributed by atoms with Crippen LogP contribution in [0.1, 0.15) is 40.1 Å². The molecular formula is C20H24BrNO2. The van der Waals surface area contributed by atoms with E-state index < -0.39 is 6.10 Å². The first-order valence-electron chi connectivity index (χ1n) is 8.18. The molecule has 0 radical (unpaired) electrons. The zero-order valence-electron chi connectivity index (χ0n) is 14.4. The molecule has 0 amide bonds. The molecular weight excluding hydrogens is 366 g/mol. The van der Waals surface area contributed by atoms with Gasteiger partial charge in [0.1, 0.15) is 6.10 Å². The molecule has 0 saturated heterocycles. The van der Waals surface area contributed by atoms with Crippen molar-refractivity contribution in [2.24, 2.45) is 0 Å². The Morgan fingerprint density at radius 2 is 1.83 bits per heavy atom. The third-order valence-corrected chi connectivity index (χ3v) is 4.57. The molecule has 0 aliphatic rings. The summed E-state index contributed by atoms with van der Waals surface area (Å²) in [4.78, 5) is 14.9. The van der Waals surface area contributed by atoms with Gasteiger partial charge in [-0.25, -0.2) is 0 Å². The Bertz CT molecular complexity index is 697. The maximum atomic E-state index is 12.6. The van der Waals surface area contributed by atoms with Crippen LogP contribution in [0.5, 0.6) is 0 Å². The van der Waals surface area contributed by atoms with E-state index in [1.54, 1.807) is 0 Å². The normalized spacial score (nSPS) is 12.0. The van der Waals surface area contributed by atoms with Crippen molar-refractivity contribution in [3.63, 3.8) is 0 Å². The maximum absolute atomic E-state index is 12.6. The fraction of sp³-hybridized carbons (Fsp3) is 0.350. The number of ketones is 1. The average molecular weight is 390 g/mol. The molecule has 2 aromatic carbocycles. The Morgan fingerprint density at radius 3 is 2.42 bits per heavy atom. The second kappa shape index (κ2) is 8.45. The van der Waals surface area contributed by atoms with Crippen LogP contribution < -0.4 is 4.90 Å². The van der Waals surface area contributed by atoms with Crippen LogP contribution in [-0.4, -0.2) is 29.3 Å². The third-order valence-electron chi connectivity index (χ3n) is 4.22. The SMILES string of the molecule is CCN(CCBr)c1ccc(C(O)C(=O)c2cc(C)ccc2C)cc1. The molecule has 0 aliphatic heterocycles. The van der Waals surface area contributed by atoms with Gasteiger partial charge in [-0.1, -0.05) is 45.8 Å². The smallest absolute Gasteiger partial charge is 0.196 e. The molecule has 4 heteroatoms. The Hall–Kier alpha value is -1.65. The van der Waals surface area contributed by atoms with Gasteiger partial charge in [-0.3, -0.25) is 4.79 Å². The van der Waals surface area contributed by atoms with Crippen molar-refractivity contribution in [3.05, 3.63) is 64.7 Å². The third kappa shape index (κ3) is 4.25. The number of nitrogens with zero attached hydrogens (tertiary/aromatic N) is 1. The lowest BCUT2D eigenvalue weighted by atomic mass is 9.95. The molecule has 3 nitrogen and oxygen atoms in total. The number of aryl methyl sites for hydroxylation is 2. The van der Waals surface area contributed by atoms with Crippen LogP contribution in [0.2, 0.25) is 0 Å². The van der Waals surface area contributed by atoms with Crippen LogP contribution in [0, 0.1) is 13.8 Å². The van der Waals surface area contributed by atoms with Crippen molar-refractivity contribution >= 4 is 27.4 Å². The first-order valence-corrected chi connectivity index (χ1v) is 9.30. The summed E-state index contributed by atoms with van der Waals surface area (Å²) in [6.07, 6.45) is -1.13. The van der Waals surface area contributed by atoms with Gasteiger partial charge in [0.25, 0.3) is 0 Å². The number of carbonyl (C=O) groups is 1. The highest BCUT2D eigenvalue weighted by atomic mass is 79.9. The Kier molecular flexibility index (Phi) is 6.58. The van der Waals surface area contributed by atoms with E-state index in [0.29, 0.717) is 11.1 Å². The fourth-order valence-electron chi connectivity index (χ4n) is 2.74. The van der Waals surface area contributed by atoms with Crippen LogP contribution in [0.15, 0.2) is 42.5 Å². The number of carbonyl (C=O) groups excluding carboxylic acids is 1. The minimum absolute atomic E-state index is 0.253. The monoisotopic (exact) mass is 389 g/mol. The van der Waals surface area contributed by atoms with Gasteiger partial charge in [0.2, 0.25) is 0 Å². The largest absolute Gasteiger partial charge is 0.380 e. The van der Waals surface area contributed by atoms with Gasteiger partial charge >= 0.3 is 0 Å². The Labute approximate surface area is 152 Å². The zero-order valence-corrected chi connectivity index (χ0v) is 16.0. The molecule has 1 N–H and O–H groups in total. The number of hydrogen-bond donors (Lipinski definition) is 1. The van der Waals surface area contributed by atoms with Gasteiger partial charge in [-0.05, 0) is 50.1 Å². The van der Waals surface area contributed by atoms with E-state index >= 15 is 0 Å². The number of rotatable bonds is 7. The molecule has 0 aliphatic carbocycles. The summed E-state index contributed by atoms with van der Waals surface area (Å²) >= 11 is 3.46. The van der Waals surface area contributed by atoms with E-state index in [2.05, 4.69) is 27.8 Å². The van der Waals surface area contributed by atoms with Gasteiger partial charge in [0.05, 0.1) is 0 Å². The summed E-state index contributed by atoms with van der Waals surface area (Å²) in [5.74, 6) is -0.253. The van der Waals surface area contributed by atoms with Crippen molar-refractivity contribution in [2.45, 2.75) is 26.9 Å². The van der Waals surface area contributed by atoms with Crippen molar-refractivity contribution in [2.75, 3.05) is 23.3 Å². The van der Waals surface area contributed by atoms with E-state index in [1.165, 1.54) is 0 Å². The number of anilines is 1. The predicted octanol–water partition coefficient (Wildman–Crippen LogP) is 4.44. The van der Waals surface area contributed by atoms with E-state index in [-0.39, 0.29) is 5.78 Å². The molecule has 2 aromatic rings. The van der Waals surface area contributed by atoms with Crippen LogP contribution in [0.4, 0.5) is 5.69 Å². The number of halogens is 1. The second-order valence-electron chi connectivity index (χ2n) is 5.95. The molecule has 0 saturated carbocycles. The molecule has 0 fully saturated rings. The molecule has 128 valence electrons. The molecule has 1 atom stereocenters. The fourth-order valence-corrected chi connectivity index (χ4v) is 3.17. The number of Topliss-reactive ketones (excluding diaryl/α,β-unsaturated/α-hetero) is 1. The van der Waals surface area contributed by atoms with Crippen molar-refractivity contribution < 1.29 is 9.90 Å².